The second-order valence-corrected chi connectivity index (χ2v) is 9.30. The van der Waals surface area contributed by atoms with Gasteiger partial charge in [-0.05, 0) is 61.4 Å². The molecule has 0 aromatic heterocycles. The molecule has 1 heterocycles. The van der Waals surface area contributed by atoms with Gasteiger partial charge in [0.1, 0.15) is 6.04 Å². The van der Waals surface area contributed by atoms with Crippen LogP contribution in [-0.4, -0.2) is 41.2 Å². The predicted molar refractivity (Wildman–Crippen MR) is 140 cm³/mol. The summed E-state index contributed by atoms with van der Waals surface area (Å²) in [5.41, 5.74) is 3.35. The van der Waals surface area contributed by atoms with Gasteiger partial charge in [-0.2, -0.15) is 0 Å². The summed E-state index contributed by atoms with van der Waals surface area (Å²) in [7, 11) is 0. The number of esters is 1. The number of nitrogens with zero attached hydrogens (tertiary/aromatic N) is 2. The van der Waals surface area contributed by atoms with Crippen molar-refractivity contribution in [3.05, 3.63) is 100 Å². The quantitative estimate of drug-likeness (QED) is 0.318. The van der Waals surface area contributed by atoms with Gasteiger partial charge in [0, 0.05) is 11.6 Å². The highest BCUT2D eigenvalue weighted by Gasteiger charge is 2.44. The number of ether oxygens (including phenoxy) is 1. The average molecular weight is 519 g/mol. The van der Waals surface area contributed by atoms with Crippen LogP contribution in [0.15, 0.2) is 72.8 Å². The molecule has 0 saturated carbocycles. The van der Waals surface area contributed by atoms with Crippen LogP contribution in [0.3, 0.4) is 0 Å². The number of rotatable bonds is 8. The molecule has 8 heteroatoms. The van der Waals surface area contributed by atoms with E-state index in [1.807, 2.05) is 31.2 Å². The Balaban J connectivity index is 1.59. The Morgan fingerprint density at radius 2 is 1.57 bits per heavy atom. The first-order chi connectivity index (χ1) is 17.8. The second-order valence-electron chi connectivity index (χ2n) is 8.87. The minimum absolute atomic E-state index is 0.0647. The van der Waals surface area contributed by atoms with Crippen LogP contribution in [-0.2, 0) is 32.1 Å². The minimum atomic E-state index is -0.946. The third-order valence-corrected chi connectivity index (χ3v) is 6.45. The number of hydrogen-bond acceptors (Lipinski definition) is 5. The first kappa shape index (κ1) is 26.1. The van der Waals surface area contributed by atoms with Crippen molar-refractivity contribution in [1.29, 1.82) is 0 Å². The van der Waals surface area contributed by atoms with E-state index in [2.05, 4.69) is 0 Å². The topological polar surface area (TPSA) is 84.0 Å². The first-order valence-electron chi connectivity index (χ1n) is 12.0. The highest BCUT2D eigenvalue weighted by Crippen LogP contribution is 2.28. The van der Waals surface area contributed by atoms with Crippen LogP contribution < -0.4 is 4.90 Å². The lowest BCUT2D eigenvalue weighted by Gasteiger charge is -2.28. The number of aryl methyl sites for hydroxylation is 1. The van der Waals surface area contributed by atoms with Crippen LogP contribution in [0, 0.1) is 6.92 Å². The fraction of sp³-hybridized carbons (Fsp3) is 0.241. The number of benzene rings is 3. The molecular weight excluding hydrogens is 492 g/mol. The largest absolute Gasteiger partial charge is 0.462 e. The Morgan fingerprint density at radius 1 is 0.946 bits per heavy atom. The summed E-state index contributed by atoms with van der Waals surface area (Å²) in [6, 6.07) is 19.8. The van der Waals surface area contributed by atoms with Gasteiger partial charge in [0.2, 0.25) is 11.8 Å². The molecule has 0 radical (unpaired) electrons. The van der Waals surface area contributed by atoms with Gasteiger partial charge in [0.05, 0.1) is 30.7 Å². The Kier molecular flexibility index (Phi) is 8.04. The van der Waals surface area contributed by atoms with E-state index < -0.39 is 23.8 Å². The van der Waals surface area contributed by atoms with Gasteiger partial charge in [-0.1, -0.05) is 53.6 Å². The Morgan fingerprint density at radius 3 is 2.19 bits per heavy atom. The van der Waals surface area contributed by atoms with Crippen molar-refractivity contribution in [3.63, 3.8) is 0 Å². The van der Waals surface area contributed by atoms with Crippen LogP contribution >= 0.6 is 11.6 Å². The monoisotopic (exact) mass is 518 g/mol. The summed E-state index contributed by atoms with van der Waals surface area (Å²) in [5, 5.41) is 0.564. The number of anilines is 1. The molecule has 3 amide bonds. The maximum absolute atomic E-state index is 13.5. The normalized spacial score (nSPS) is 15.1. The molecule has 0 aliphatic carbocycles. The van der Waals surface area contributed by atoms with Crippen LogP contribution in [0.2, 0.25) is 5.02 Å². The third kappa shape index (κ3) is 6.06. The predicted octanol–water partition coefficient (Wildman–Crippen LogP) is 4.73. The van der Waals surface area contributed by atoms with E-state index in [-0.39, 0.29) is 31.9 Å². The molecule has 3 aromatic carbocycles. The molecule has 1 aliphatic heterocycles. The Hall–Kier alpha value is -3.97. The molecule has 1 fully saturated rings. The molecule has 1 unspecified atom stereocenters. The molecule has 1 aliphatic rings. The SMILES string of the molecule is CCOC(=O)c1ccc(N2C(=O)CC(N(Cc3ccc(C)cc3)C(=O)Cc3ccc(Cl)cc3)C2=O)cc1. The number of carbonyl (C=O) groups is 4. The first-order valence-corrected chi connectivity index (χ1v) is 12.4. The van der Waals surface area contributed by atoms with Crippen LogP contribution in [0.1, 0.15) is 40.4 Å². The van der Waals surface area contributed by atoms with E-state index in [1.165, 1.54) is 29.2 Å². The zero-order valence-electron chi connectivity index (χ0n) is 20.6. The van der Waals surface area contributed by atoms with E-state index >= 15 is 0 Å². The molecule has 0 bridgehead atoms. The molecule has 3 aromatic rings. The summed E-state index contributed by atoms with van der Waals surface area (Å²) < 4.78 is 4.99. The molecule has 0 spiro atoms. The average Bonchev–Trinajstić information content (AvgIpc) is 3.18. The lowest BCUT2D eigenvalue weighted by atomic mass is 10.1. The highest BCUT2D eigenvalue weighted by atomic mass is 35.5. The molecule has 4 rings (SSSR count). The van der Waals surface area contributed by atoms with Crippen molar-refractivity contribution in [3.8, 4) is 0 Å². The fourth-order valence-electron chi connectivity index (χ4n) is 4.23. The molecular formula is C29H27ClN2O5. The van der Waals surface area contributed by atoms with Gasteiger partial charge < -0.3 is 9.64 Å². The number of amides is 3. The summed E-state index contributed by atoms with van der Waals surface area (Å²) >= 11 is 5.98. The van der Waals surface area contributed by atoms with E-state index in [1.54, 1.807) is 31.2 Å². The number of carbonyl (C=O) groups excluding carboxylic acids is 4. The van der Waals surface area contributed by atoms with Crippen molar-refractivity contribution in [2.45, 2.75) is 39.3 Å². The smallest absolute Gasteiger partial charge is 0.338 e. The third-order valence-electron chi connectivity index (χ3n) is 6.20. The van der Waals surface area contributed by atoms with Gasteiger partial charge in [0.25, 0.3) is 5.91 Å². The van der Waals surface area contributed by atoms with Crippen LogP contribution in [0.4, 0.5) is 5.69 Å². The Bertz CT molecular complexity index is 1300. The van der Waals surface area contributed by atoms with Gasteiger partial charge in [-0.15, -0.1) is 0 Å². The van der Waals surface area contributed by atoms with Crippen LogP contribution in [0.25, 0.3) is 0 Å². The van der Waals surface area contributed by atoms with Gasteiger partial charge in [-0.25, -0.2) is 9.69 Å². The molecule has 1 saturated heterocycles. The van der Waals surface area contributed by atoms with E-state index in [9.17, 15) is 19.2 Å². The van der Waals surface area contributed by atoms with Crippen molar-refractivity contribution < 1.29 is 23.9 Å². The zero-order chi connectivity index (χ0) is 26.5. The van der Waals surface area contributed by atoms with Gasteiger partial charge in [-0.3, -0.25) is 14.4 Å². The molecule has 190 valence electrons. The van der Waals surface area contributed by atoms with Gasteiger partial charge in [0.15, 0.2) is 0 Å². The molecule has 7 nitrogen and oxygen atoms in total. The standard InChI is InChI=1S/C29H27ClN2O5/c1-3-37-29(36)22-10-14-24(15-11-22)32-27(34)17-25(28(32)35)31(18-21-6-4-19(2)5-7-21)26(33)16-20-8-12-23(30)13-9-20/h4-15,25H,3,16-18H2,1-2H3. The minimum Gasteiger partial charge on any atom is -0.462 e. The van der Waals surface area contributed by atoms with Crippen molar-refractivity contribution >= 4 is 41.0 Å². The second kappa shape index (κ2) is 11.4. The lowest BCUT2D eigenvalue weighted by Crippen LogP contribution is -2.45. The van der Waals surface area contributed by atoms with E-state index in [0.29, 0.717) is 16.3 Å². The zero-order valence-corrected chi connectivity index (χ0v) is 21.4. The van der Waals surface area contributed by atoms with Crippen molar-refractivity contribution in [2.24, 2.45) is 0 Å². The van der Waals surface area contributed by atoms with Gasteiger partial charge >= 0.3 is 5.97 Å². The number of halogens is 1. The maximum Gasteiger partial charge on any atom is 0.338 e. The van der Waals surface area contributed by atoms with Crippen LogP contribution in [0.5, 0.6) is 0 Å². The Labute approximate surface area is 220 Å². The molecule has 0 N–H and O–H groups in total. The number of imide groups is 1. The van der Waals surface area contributed by atoms with Crippen molar-refractivity contribution in [2.75, 3.05) is 11.5 Å². The summed E-state index contributed by atoms with van der Waals surface area (Å²) in [4.78, 5) is 54.5. The molecule has 37 heavy (non-hydrogen) atoms. The lowest BCUT2D eigenvalue weighted by molar-refractivity contribution is -0.138. The fourth-order valence-corrected chi connectivity index (χ4v) is 4.36. The summed E-state index contributed by atoms with van der Waals surface area (Å²) in [6.07, 6.45) is -0.0636. The van der Waals surface area contributed by atoms with E-state index in [4.69, 9.17) is 16.3 Å². The maximum atomic E-state index is 13.5. The molecule has 1 atom stereocenters. The summed E-state index contributed by atoms with van der Waals surface area (Å²) in [6.45, 7) is 4.11. The highest BCUT2D eigenvalue weighted by molar-refractivity contribution is 6.30. The van der Waals surface area contributed by atoms with Crippen molar-refractivity contribution in [1.82, 2.24) is 4.90 Å². The summed E-state index contributed by atoms with van der Waals surface area (Å²) in [5.74, 6) is -1.64. The number of hydrogen-bond donors (Lipinski definition) is 0. The van der Waals surface area contributed by atoms with E-state index in [0.717, 1.165) is 21.6 Å².